The smallest absolute Gasteiger partial charge is 0.289 e. The number of benzene rings is 1. The fourth-order valence-electron chi connectivity index (χ4n) is 5.46. The van der Waals surface area contributed by atoms with Crippen molar-refractivity contribution in [1.29, 1.82) is 0 Å². The molecule has 1 aromatic heterocycles. The Kier molecular flexibility index (Phi) is 4.02. The molecular formula is C22H26N2O4. The van der Waals surface area contributed by atoms with E-state index in [-0.39, 0.29) is 23.3 Å². The quantitative estimate of drug-likeness (QED) is 0.761. The summed E-state index contributed by atoms with van der Waals surface area (Å²) in [7, 11) is 0. The Morgan fingerprint density at radius 2 is 1.93 bits per heavy atom. The van der Waals surface area contributed by atoms with Crippen molar-refractivity contribution in [3.63, 3.8) is 0 Å². The summed E-state index contributed by atoms with van der Waals surface area (Å²) in [6, 6.07) is 8.00. The van der Waals surface area contributed by atoms with Crippen LogP contribution in [0, 0.1) is 18.3 Å². The maximum atomic E-state index is 13.0. The van der Waals surface area contributed by atoms with Gasteiger partial charge < -0.3 is 19.0 Å². The number of furan rings is 1. The molecule has 3 saturated heterocycles. The van der Waals surface area contributed by atoms with E-state index in [9.17, 15) is 9.59 Å². The zero-order valence-corrected chi connectivity index (χ0v) is 16.4. The summed E-state index contributed by atoms with van der Waals surface area (Å²) < 4.78 is 11.5. The van der Waals surface area contributed by atoms with Gasteiger partial charge in [-0.2, -0.15) is 0 Å². The van der Waals surface area contributed by atoms with Crippen molar-refractivity contribution in [2.75, 3.05) is 32.8 Å². The number of likely N-dealkylation sites (tertiary alicyclic amines) is 2. The van der Waals surface area contributed by atoms with Crippen molar-refractivity contribution in [2.45, 2.75) is 32.7 Å². The lowest BCUT2D eigenvalue weighted by molar-refractivity contribution is -0.130. The predicted octanol–water partition coefficient (Wildman–Crippen LogP) is 2.84. The van der Waals surface area contributed by atoms with E-state index >= 15 is 0 Å². The first-order valence-corrected chi connectivity index (χ1v) is 10.1. The van der Waals surface area contributed by atoms with Crippen LogP contribution in [0.1, 0.15) is 35.9 Å². The number of carbonyl (C=O) groups excluding carboxylic acids is 2. The van der Waals surface area contributed by atoms with Gasteiger partial charge in [0.2, 0.25) is 5.91 Å². The molecule has 148 valence electrons. The van der Waals surface area contributed by atoms with Gasteiger partial charge in [0.15, 0.2) is 5.76 Å². The predicted molar refractivity (Wildman–Crippen MR) is 104 cm³/mol. The summed E-state index contributed by atoms with van der Waals surface area (Å²) in [6.07, 6.45) is 1.82. The number of fused-ring (bicyclic) bond motifs is 3. The normalized spacial score (nSPS) is 26.2. The fraction of sp³-hybridized carbons (Fsp3) is 0.545. The number of nitrogens with zero attached hydrogens (tertiary/aromatic N) is 2. The minimum Gasteiger partial charge on any atom is -0.451 e. The number of ether oxygens (including phenoxy) is 1. The Labute approximate surface area is 164 Å². The molecule has 0 N–H and O–H groups in total. The number of carbonyl (C=O) groups is 2. The van der Waals surface area contributed by atoms with Gasteiger partial charge in [-0.3, -0.25) is 9.59 Å². The SMILES string of the molecule is CC(=O)N1CC2(CCN(C(=O)c3cc4cc(C)ccc4o3)CC2)[C@H]2COC[C@H]21. The Bertz CT molecular complexity index is 941. The van der Waals surface area contributed by atoms with Crippen LogP contribution in [0.15, 0.2) is 28.7 Å². The van der Waals surface area contributed by atoms with Gasteiger partial charge in [-0.25, -0.2) is 0 Å². The number of rotatable bonds is 1. The molecule has 0 unspecified atom stereocenters. The monoisotopic (exact) mass is 382 g/mol. The second-order valence-corrected chi connectivity index (χ2v) is 8.66. The largest absolute Gasteiger partial charge is 0.451 e. The van der Waals surface area contributed by atoms with Crippen LogP contribution in [0.2, 0.25) is 0 Å². The van der Waals surface area contributed by atoms with Crippen molar-refractivity contribution in [2.24, 2.45) is 11.3 Å². The topological polar surface area (TPSA) is 63.0 Å². The van der Waals surface area contributed by atoms with E-state index in [1.54, 1.807) is 6.92 Å². The van der Waals surface area contributed by atoms with Gasteiger partial charge in [-0.15, -0.1) is 0 Å². The van der Waals surface area contributed by atoms with Gasteiger partial charge in [0.1, 0.15) is 5.58 Å². The van der Waals surface area contributed by atoms with Crippen molar-refractivity contribution >= 4 is 22.8 Å². The summed E-state index contributed by atoms with van der Waals surface area (Å²) in [5.74, 6) is 0.899. The lowest BCUT2D eigenvalue weighted by Gasteiger charge is -2.41. The zero-order chi connectivity index (χ0) is 19.5. The molecule has 2 aromatic rings. The highest BCUT2D eigenvalue weighted by Gasteiger charge is 2.56. The number of piperidine rings is 1. The summed E-state index contributed by atoms with van der Waals surface area (Å²) in [5.41, 5.74) is 1.98. The first-order valence-electron chi connectivity index (χ1n) is 10.1. The van der Waals surface area contributed by atoms with Crippen LogP contribution in [-0.2, 0) is 9.53 Å². The fourth-order valence-corrected chi connectivity index (χ4v) is 5.46. The van der Waals surface area contributed by atoms with Crippen LogP contribution in [0.3, 0.4) is 0 Å². The van der Waals surface area contributed by atoms with Gasteiger partial charge >= 0.3 is 0 Å². The van der Waals surface area contributed by atoms with E-state index in [2.05, 4.69) is 0 Å². The highest BCUT2D eigenvalue weighted by molar-refractivity contribution is 5.96. The third-order valence-electron chi connectivity index (χ3n) is 7.06. The molecule has 0 aliphatic carbocycles. The lowest BCUT2D eigenvalue weighted by atomic mass is 9.70. The molecule has 3 fully saturated rings. The van der Waals surface area contributed by atoms with E-state index in [1.807, 2.05) is 41.0 Å². The van der Waals surface area contributed by atoms with Crippen LogP contribution >= 0.6 is 0 Å². The van der Waals surface area contributed by atoms with Crippen molar-refractivity contribution in [3.05, 3.63) is 35.6 Å². The van der Waals surface area contributed by atoms with E-state index in [1.165, 1.54) is 0 Å². The average molecular weight is 382 g/mol. The Balaban J connectivity index is 1.32. The maximum Gasteiger partial charge on any atom is 0.289 e. The van der Waals surface area contributed by atoms with E-state index < -0.39 is 0 Å². The van der Waals surface area contributed by atoms with Crippen LogP contribution < -0.4 is 0 Å². The van der Waals surface area contributed by atoms with Crippen LogP contribution in [-0.4, -0.2) is 60.5 Å². The number of amides is 2. The van der Waals surface area contributed by atoms with Crippen LogP contribution in [0.5, 0.6) is 0 Å². The first kappa shape index (κ1) is 17.7. The molecule has 1 aromatic carbocycles. The summed E-state index contributed by atoms with van der Waals surface area (Å²) in [5, 5.41) is 0.968. The molecule has 0 radical (unpaired) electrons. The highest BCUT2D eigenvalue weighted by atomic mass is 16.5. The van der Waals surface area contributed by atoms with Crippen LogP contribution in [0.4, 0.5) is 0 Å². The van der Waals surface area contributed by atoms with Crippen molar-refractivity contribution in [3.8, 4) is 0 Å². The second kappa shape index (κ2) is 6.34. The van der Waals surface area contributed by atoms with E-state index in [0.717, 1.165) is 42.5 Å². The Morgan fingerprint density at radius 3 is 2.68 bits per heavy atom. The van der Waals surface area contributed by atoms with E-state index in [4.69, 9.17) is 9.15 Å². The van der Waals surface area contributed by atoms with Crippen molar-refractivity contribution < 1.29 is 18.7 Å². The van der Waals surface area contributed by atoms with Crippen molar-refractivity contribution in [1.82, 2.24) is 9.80 Å². The lowest BCUT2D eigenvalue weighted by Crippen LogP contribution is -2.47. The van der Waals surface area contributed by atoms with Gasteiger partial charge in [-0.1, -0.05) is 11.6 Å². The molecule has 3 aliphatic rings. The molecule has 6 heteroatoms. The Morgan fingerprint density at radius 1 is 1.14 bits per heavy atom. The molecule has 1 spiro atoms. The van der Waals surface area contributed by atoms with Crippen LogP contribution in [0.25, 0.3) is 11.0 Å². The standard InChI is InChI=1S/C22H26N2O4/c1-14-3-4-19-16(9-14)10-20(28-19)21(26)23-7-5-22(6-8-23)13-24(15(2)25)18-12-27-11-17(18)22/h3-4,9-10,17-18H,5-8,11-13H2,1-2H3/t17-,18+/m0/s1. The molecule has 0 bridgehead atoms. The molecule has 28 heavy (non-hydrogen) atoms. The molecule has 0 saturated carbocycles. The van der Waals surface area contributed by atoms with Gasteiger partial charge in [0.25, 0.3) is 5.91 Å². The zero-order valence-electron chi connectivity index (χ0n) is 16.4. The third-order valence-corrected chi connectivity index (χ3v) is 7.06. The second-order valence-electron chi connectivity index (χ2n) is 8.66. The van der Waals surface area contributed by atoms with Gasteiger partial charge in [0.05, 0.1) is 19.3 Å². The minimum absolute atomic E-state index is 0.0376. The molecule has 5 rings (SSSR count). The highest BCUT2D eigenvalue weighted by Crippen LogP contribution is 2.50. The summed E-state index contributed by atoms with van der Waals surface area (Å²) in [6.45, 7) is 7.25. The van der Waals surface area contributed by atoms with Gasteiger partial charge in [-0.05, 0) is 43.4 Å². The summed E-state index contributed by atoms with van der Waals surface area (Å²) in [4.78, 5) is 29.0. The van der Waals surface area contributed by atoms with Gasteiger partial charge in [0, 0.05) is 37.9 Å². The molecular weight excluding hydrogens is 356 g/mol. The third kappa shape index (κ3) is 2.65. The summed E-state index contributed by atoms with van der Waals surface area (Å²) >= 11 is 0. The average Bonchev–Trinajstić information content (AvgIpc) is 3.37. The van der Waals surface area contributed by atoms with E-state index in [0.29, 0.717) is 31.4 Å². The molecule has 3 aliphatic heterocycles. The molecule has 2 amide bonds. The Hall–Kier alpha value is -2.34. The maximum absolute atomic E-state index is 13.0. The molecule has 6 nitrogen and oxygen atoms in total. The number of hydrogen-bond acceptors (Lipinski definition) is 4. The molecule has 2 atom stereocenters. The molecule has 4 heterocycles. The number of aryl methyl sites for hydroxylation is 1. The minimum atomic E-state index is -0.0376. The number of hydrogen-bond donors (Lipinski definition) is 0. The first-order chi connectivity index (χ1) is 13.5.